The normalized spacial score (nSPS) is 16.4. The molecule has 0 bridgehead atoms. The van der Waals surface area contributed by atoms with Gasteiger partial charge >= 0.3 is 5.97 Å². The van der Waals surface area contributed by atoms with Gasteiger partial charge < -0.3 is 9.84 Å². The third-order valence-corrected chi connectivity index (χ3v) is 3.21. The summed E-state index contributed by atoms with van der Waals surface area (Å²) in [5.41, 5.74) is 0.189. The summed E-state index contributed by atoms with van der Waals surface area (Å²) in [5, 5.41) is 9.02. The van der Waals surface area contributed by atoms with E-state index in [0.717, 1.165) is 4.90 Å². The number of benzene rings is 1. The molecule has 1 heterocycles. The Kier molecular flexibility index (Phi) is 3.74. The summed E-state index contributed by atoms with van der Waals surface area (Å²) in [6, 6.07) is 4.09. The first-order valence-corrected chi connectivity index (χ1v) is 6.21. The number of nitrogens with zero attached hydrogens (tertiary/aromatic N) is 1. The lowest BCUT2D eigenvalue weighted by Gasteiger charge is -2.29. The lowest BCUT2D eigenvalue weighted by molar-refractivity contribution is -0.130. The van der Waals surface area contributed by atoms with Crippen LogP contribution in [-0.2, 0) is 9.59 Å². The number of methoxy groups -OCH3 is 1. The summed E-state index contributed by atoms with van der Waals surface area (Å²) < 4.78 is 5.12. The van der Waals surface area contributed by atoms with E-state index in [9.17, 15) is 14.4 Å². The lowest BCUT2D eigenvalue weighted by atomic mass is 9.97. The molecule has 0 unspecified atom stereocenters. The Morgan fingerprint density at radius 2 is 1.90 bits per heavy atom. The molecule has 1 aliphatic heterocycles. The highest BCUT2D eigenvalue weighted by Crippen LogP contribution is 2.33. The van der Waals surface area contributed by atoms with Crippen LogP contribution in [0.5, 0.6) is 5.75 Å². The minimum Gasteiger partial charge on any atom is -0.495 e. The third-order valence-electron chi connectivity index (χ3n) is 3.21. The monoisotopic (exact) mass is 277 g/mol. The number of piperidine rings is 1. The summed E-state index contributed by atoms with van der Waals surface area (Å²) in [6.07, 6.45) is 0.512. The van der Waals surface area contributed by atoms with E-state index in [-0.39, 0.29) is 41.8 Å². The van der Waals surface area contributed by atoms with Gasteiger partial charge in [0, 0.05) is 12.8 Å². The number of hydrogen-bond donors (Lipinski definition) is 1. The van der Waals surface area contributed by atoms with Crippen molar-refractivity contribution in [1.29, 1.82) is 0 Å². The molecule has 106 valence electrons. The van der Waals surface area contributed by atoms with Crippen molar-refractivity contribution in [3.63, 3.8) is 0 Å². The number of anilines is 1. The molecule has 1 aromatic carbocycles. The quantitative estimate of drug-likeness (QED) is 0.850. The molecule has 1 fully saturated rings. The van der Waals surface area contributed by atoms with Crippen molar-refractivity contribution in [3.8, 4) is 5.75 Å². The van der Waals surface area contributed by atoms with Crippen LogP contribution < -0.4 is 9.64 Å². The largest absolute Gasteiger partial charge is 0.495 e. The lowest BCUT2D eigenvalue weighted by Crippen LogP contribution is -2.43. The molecular weight excluding hydrogens is 262 g/mol. The summed E-state index contributed by atoms with van der Waals surface area (Å²) in [4.78, 5) is 36.2. The van der Waals surface area contributed by atoms with E-state index in [1.807, 2.05) is 6.92 Å². The summed E-state index contributed by atoms with van der Waals surface area (Å²) in [6.45, 7) is 1.83. The maximum Gasteiger partial charge on any atom is 0.335 e. The zero-order valence-electron chi connectivity index (χ0n) is 11.3. The fraction of sp³-hybridized carbons (Fsp3) is 0.357. The molecule has 0 atom stereocenters. The summed E-state index contributed by atoms with van der Waals surface area (Å²) >= 11 is 0. The Hall–Kier alpha value is -2.37. The Morgan fingerprint density at radius 1 is 1.30 bits per heavy atom. The van der Waals surface area contributed by atoms with Gasteiger partial charge in [-0.15, -0.1) is 0 Å². The van der Waals surface area contributed by atoms with Crippen LogP contribution >= 0.6 is 0 Å². The van der Waals surface area contributed by atoms with Crippen LogP contribution in [0.3, 0.4) is 0 Å². The topological polar surface area (TPSA) is 83.9 Å². The molecular formula is C14H15NO5. The van der Waals surface area contributed by atoms with Crippen LogP contribution in [-0.4, -0.2) is 30.0 Å². The fourth-order valence-corrected chi connectivity index (χ4v) is 2.26. The molecule has 0 spiro atoms. The molecule has 0 aromatic heterocycles. The highest BCUT2D eigenvalue weighted by molar-refractivity contribution is 6.17. The highest BCUT2D eigenvalue weighted by atomic mass is 16.5. The smallest absolute Gasteiger partial charge is 0.335 e. The average Bonchev–Trinajstić information content (AvgIpc) is 2.37. The van der Waals surface area contributed by atoms with Crippen molar-refractivity contribution in [2.75, 3.05) is 12.0 Å². The molecule has 20 heavy (non-hydrogen) atoms. The molecule has 1 N–H and O–H groups in total. The molecule has 2 amide bonds. The van der Waals surface area contributed by atoms with Gasteiger partial charge in [0.2, 0.25) is 11.8 Å². The fourth-order valence-electron chi connectivity index (χ4n) is 2.26. The Bertz CT molecular complexity index is 563. The standard InChI is InChI=1S/C14H15NO5/c1-8-5-12(16)15(13(17)6-8)10-7-9(14(18)19)3-4-11(10)20-2/h3-4,7-8H,5-6H2,1-2H3,(H,18,19). The SMILES string of the molecule is COc1ccc(C(=O)O)cc1N1C(=O)CC(C)CC1=O. The average molecular weight is 277 g/mol. The maximum atomic E-state index is 12.1. The van der Waals surface area contributed by atoms with Crippen molar-refractivity contribution in [1.82, 2.24) is 0 Å². The summed E-state index contributed by atoms with van der Waals surface area (Å²) in [5.74, 6) is -1.51. The molecule has 0 aliphatic carbocycles. The molecule has 1 aromatic rings. The van der Waals surface area contributed by atoms with Crippen molar-refractivity contribution < 1.29 is 24.2 Å². The number of carbonyl (C=O) groups excluding carboxylic acids is 2. The number of ether oxygens (including phenoxy) is 1. The van der Waals surface area contributed by atoms with Crippen LogP contribution in [0.4, 0.5) is 5.69 Å². The molecule has 2 rings (SSSR count). The van der Waals surface area contributed by atoms with Crippen LogP contribution in [0.1, 0.15) is 30.1 Å². The van der Waals surface area contributed by atoms with Crippen molar-refractivity contribution >= 4 is 23.5 Å². The number of imide groups is 1. The van der Waals surface area contributed by atoms with E-state index in [0.29, 0.717) is 5.75 Å². The van der Waals surface area contributed by atoms with Crippen molar-refractivity contribution in [2.24, 2.45) is 5.92 Å². The van der Waals surface area contributed by atoms with E-state index < -0.39 is 5.97 Å². The number of carboxylic acid groups (broad SMARTS) is 1. The van der Waals surface area contributed by atoms with E-state index >= 15 is 0 Å². The molecule has 0 saturated carbocycles. The van der Waals surface area contributed by atoms with Gasteiger partial charge in [0.15, 0.2) is 0 Å². The minimum atomic E-state index is -1.13. The summed E-state index contributed by atoms with van der Waals surface area (Å²) in [7, 11) is 1.40. The van der Waals surface area contributed by atoms with Crippen molar-refractivity contribution in [2.45, 2.75) is 19.8 Å². The van der Waals surface area contributed by atoms with Crippen LogP contribution in [0.15, 0.2) is 18.2 Å². The van der Waals surface area contributed by atoms with E-state index in [2.05, 4.69) is 0 Å². The second kappa shape index (κ2) is 5.32. The van der Waals surface area contributed by atoms with Gasteiger partial charge in [0.05, 0.1) is 18.4 Å². The number of aromatic carboxylic acids is 1. The second-order valence-electron chi connectivity index (χ2n) is 4.83. The van der Waals surface area contributed by atoms with E-state index in [1.54, 1.807) is 0 Å². The Labute approximate surface area is 115 Å². The van der Waals surface area contributed by atoms with Gasteiger partial charge in [-0.2, -0.15) is 0 Å². The van der Waals surface area contributed by atoms with Gasteiger partial charge in [-0.05, 0) is 24.1 Å². The van der Waals surface area contributed by atoms with Gasteiger partial charge in [-0.3, -0.25) is 9.59 Å². The number of carboxylic acids is 1. The minimum absolute atomic E-state index is 0.0000203. The zero-order chi connectivity index (χ0) is 14.9. The number of amides is 2. The number of hydrogen-bond acceptors (Lipinski definition) is 4. The third kappa shape index (κ3) is 2.49. The van der Waals surface area contributed by atoms with Gasteiger partial charge in [0.1, 0.15) is 5.75 Å². The molecule has 6 heteroatoms. The van der Waals surface area contributed by atoms with Gasteiger partial charge in [-0.25, -0.2) is 9.69 Å². The number of rotatable bonds is 3. The second-order valence-corrected chi connectivity index (χ2v) is 4.83. The first kappa shape index (κ1) is 14.0. The predicted molar refractivity (Wildman–Crippen MR) is 70.8 cm³/mol. The van der Waals surface area contributed by atoms with E-state index in [1.165, 1.54) is 25.3 Å². The van der Waals surface area contributed by atoms with Crippen LogP contribution in [0.25, 0.3) is 0 Å². The van der Waals surface area contributed by atoms with Gasteiger partial charge in [-0.1, -0.05) is 6.92 Å². The van der Waals surface area contributed by atoms with Crippen LogP contribution in [0.2, 0.25) is 0 Å². The molecule has 1 aliphatic rings. The zero-order valence-corrected chi connectivity index (χ0v) is 11.3. The first-order chi connectivity index (χ1) is 9.43. The first-order valence-electron chi connectivity index (χ1n) is 6.21. The Balaban J connectivity index is 2.49. The number of carbonyl (C=O) groups is 3. The predicted octanol–water partition coefficient (Wildman–Crippen LogP) is 1.68. The van der Waals surface area contributed by atoms with Crippen LogP contribution in [0, 0.1) is 5.92 Å². The molecule has 6 nitrogen and oxygen atoms in total. The molecule has 0 radical (unpaired) electrons. The van der Waals surface area contributed by atoms with Crippen molar-refractivity contribution in [3.05, 3.63) is 23.8 Å². The van der Waals surface area contributed by atoms with Gasteiger partial charge in [0.25, 0.3) is 0 Å². The Morgan fingerprint density at radius 3 is 2.40 bits per heavy atom. The maximum absolute atomic E-state index is 12.1. The van der Waals surface area contributed by atoms with E-state index in [4.69, 9.17) is 9.84 Å². The molecule has 1 saturated heterocycles. The highest BCUT2D eigenvalue weighted by Gasteiger charge is 2.33.